The zero-order valence-corrected chi connectivity index (χ0v) is 12.4. The van der Waals surface area contributed by atoms with Crippen LogP contribution in [0.1, 0.15) is 37.7 Å². The van der Waals surface area contributed by atoms with Crippen molar-refractivity contribution in [3.8, 4) is 11.8 Å². The summed E-state index contributed by atoms with van der Waals surface area (Å²) in [7, 11) is 0. The number of nitrogens with zero attached hydrogens (tertiary/aromatic N) is 3. The summed E-state index contributed by atoms with van der Waals surface area (Å²) in [6.45, 7) is 6.70. The standard InChI is InChI=1S/C16H18N4O/c1-16(2,3)12-4-6-13(7-5-12)21-10-14-19-9-11(8-17)15(18)20-14/h4-7,9H,10H2,1-3H3,(H2,18,19,20). The van der Waals surface area contributed by atoms with Gasteiger partial charge in [-0.05, 0) is 23.1 Å². The van der Waals surface area contributed by atoms with Crippen LogP contribution in [0.5, 0.6) is 5.75 Å². The van der Waals surface area contributed by atoms with Gasteiger partial charge in [-0.15, -0.1) is 0 Å². The van der Waals surface area contributed by atoms with E-state index >= 15 is 0 Å². The fraction of sp³-hybridized carbons (Fsp3) is 0.312. The van der Waals surface area contributed by atoms with Crippen molar-refractivity contribution in [2.45, 2.75) is 32.8 Å². The summed E-state index contributed by atoms with van der Waals surface area (Å²) in [5.41, 5.74) is 7.27. The molecule has 108 valence electrons. The van der Waals surface area contributed by atoms with E-state index in [1.54, 1.807) is 0 Å². The van der Waals surface area contributed by atoms with Crippen LogP contribution in [0.2, 0.25) is 0 Å². The summed E-state index contributed by atoms with van der Waals surface area (Å²) in [6, 6.07) is 9.86. The van der Waals surface area contributed by atoms with Gasteiger partial charge < -0.3 is 10.5 Å². The summed E-state index contributed by atoms with van der Waals surface area (Å²) >= 11 is 0. The second-order valence-electron chi connectivity index (χ2n) is 5.76. The molecule has 0 spiro atoms. The van der Waals surface area contributed by atoms with Crippen LogP contribution in [0.15, 0.2) is 30.5 Å². The van der Waals surface area contributed by atoms with Crippen LogP contribution >= 0.6 is 0 Å². The topological polar surface area (TPSA) is 84.8 Å². The van der Waals surface area contributed by atoms with Gasteiger partial charge in [-0.2, -0.15) is 5.26 Å². The summed E-state index contributed by atoms with van der Waals surface area (Å²) < 4.78 is 5.62. The highest BCUT2D eigenvalue weighted by Crippen LogP contribution is 2.24. The number of nitrogens with two attached hydrogens (primary N) is 1. The highest BCUT2D eigenvalue weighted by molar-refractivity contribution is 5.46. The summed E-state index contributed by atoms with van der Waals surface area (Å²) in [6.07, 6.45) is 1.41. The van der Waals surface area contributed by atoms with E-state index in [1.165, 1.54) is 11.8 Å². The molecule has 0 atom stereocenters. The molecule has 1 heterocycles. The molecule has 21 heavy (non-hydrogen) atoms. The molecule has 0 aliphatic carbocycles. The minimum absolute atomic E-state index is 0.114. The monoisotopic (exact) mass is 282 g/mol. The van der Waals surface area contributed by atoms with Crippen LogP contribution in [0, 0.1) is 11.3 Å². The molecule has 0 unspecified atom stereocenters. The predicted octanol–water partition coefficient (Wildman–Crippen LogP) is 2.81. The Morgan fingerprint density at radius 1 is 1.24 bits per heavy atom. The molecule has 0 fully saturated rings. The normalized spacial score (nSPS) is 11.0. The SMILES string of the molecule is CC(C)(C)c1ccc(OCc2ncc(C#N)c(N)n2)cc1. The van der Waals surface area contributed by atoms with E-state index in [2.05, 4.69) is 30.7 Å². The third kappa shape index (κ3) is 3.69. The molecule has 1 aromatic heterocycles. The lowest BCUT2D eigenvalue weighted by Gasteiger charge is -2.19. The Balaban J connectivity index is 2.03. The Morgan fingerprint density at radius 2 is 1.90 bits per heavy atom. The number of hydrogen-bond donors (Lipinski definition) is 1. The van der Waals surface area contributed by atoms with E-state index in [1.807, 2.05) is 30.3 Å². The molecule has 0 amide bonds. The molecule has 2 N–H and O–H groups in total. The van der Waals surface area contributed by atoms with Gasteiger partial charge in [0.15, 0.2) is 5.82 Å². The van der Waals surface area contributed by atoms with Crippen molar-refractivity contribution >= 4 is 5.82 Å². The summed E-state index contributed by atoms with van der Waals surface area (Å²) in [4.78, 5) is 8.08. The van der Waals surface area contributed by atoms with E-state index in [0.717, 1.165) is 5.75 Å². The number of benzene rings is 1. The molecule has 5 nitrogen and oxygen atoms in total. The lowest BCUT2D eigenvalue weighted by Crippen LogP contribution is -2.10. The lowest BCUT2D eigenvalue weighted by atomic mass is 9.87. The van der Waals surface area contributed by atoms with Gasteiger partial charge in [-0.25, -0.2) is 9.97 Å². The van der Waals surface area contributed by atoms with Crippen LogP contribution < -0.4 is 10.5 Å². The molecular weight excluding hydrogens is 264 g/mol. The molecular formula is C16H18N4O. The van der Waals surface area contributed by atoms with Crippen LogP contribution in [0.4, 0.5) is 5.82 Å². The number of rotatable bonds is 3. The fourth-order valence-electron chi connectivity index (χ4n) is 1.79. The second-order valence-corrected chi connectivity index (χ2v) is 5.76. The third-order valence-electron chi connectivity index (χ3n) is 3.08. The van der Waals surface area contributed by atoms with Crippen LogP contribution in [-0.2, 0) is 12.0 Å². The third-order valence-corrected chi connectivity index (χ3v) is 3.08. The number of nitrogen functional groups attached to an aromatic ring is 1. The van der Waals surface area contributed by atoms with Gasteiger partial charge in [0.05, 0.1) is 6.20 Å². The maximum absolute atomic E-state index is 8.77. The first-order valence-electron chi connectivity index (χ1n) is 6.65. The second kappa shape index (κ2) is 5.80. The van der Waals surface area contributed by atoms with Crippen molar-refractivity contribution in [3.63, 3.8) is 0 Å². The van der Waals surface area contributed by atoms with Gasteiger partial charge in [0.25, 0.3) is 0 Å². The molecule has 0 radical (unpaired) electrons. The summed E-state index contributed by atoms with van der Waals surface area (Å²) in [5.74, 6) is 1.37. The first kappa shape index (κ1) is 14.8. The van der Waals surface area contributed by atoms with Crippen LogP contribution in [-0.4, -0.2) is 9.97 Å². The van der Waals surface area contributed by atoms with Crippen LogP contribution in [0.3, 0.4) is 0 Å². The molecule has 2 aromatic rings. The maximum Gasteiger partial charge on any atom is 0.168 e. The van der Waals surface area contributed by atoms with Crippen molar-refractivity contribution in [2.75, 3.05) is 5.73 Å². The van der Waals surface area contributed by atoms with Gasteiger partial charge >= 0.3 is 0 Å². The van der Waals surface area contributed by atoms with Crippen molar-refractivity contribution in [1.82, 2.24) is 9.97 Å². The molecule has 0 bridgehead atoms. The number of aromatic nitrogens is 2. The molecule has 1 aromatic carbocycles. The average Bonchev–Trinajstić information content (AvgIpc) is 2.45. The Hall–Kier alpha value is -2.61. The Kier molecular flexibility index (Phi) is 4.08. The van der Waals surface area contributed by atoms with Crippen molar-refractivity contribution < 1.29 is 4.74 Å². The Morgan fingerprint density at radius 3 is 2.43 bits per heavy atom. The minimum atomic E-state index is 0.114. The first-order valence-corrected chi connectivity index (χ1v) is 6.65. The number of ether oxygens (including phenoxy) is 1. The fourth-order valence-corrected chi connectivity index (χ4v) is 1.79. The molecule has 2 rings (SSSR count). The van der Waals surface area contributed by atoms with Gasteiger partial charge in [0, 0.05) is 0 Å². The van der Waals surface area contributed by atoms with Crippen molar-refractivity contribution in [3.05, 3.63) is 47.4 Å². The number of nitriles is 1. The van der Waals surface area contributed by atoms with E-state index in [4.69, 9.17) is 15.7 Å². The average molecular weight is 282 g/mol. The van der Waals surface area contributed by atoms with Crippen molar-refractivity contribution in [2.24, 2.45) is 0 Å². The maximum atomic E-state index is 8.77. The molecule has 0 aliphatic rings. The highest BCUT2D eigenvalue weighted by atomic mass is 16.5. The molecule has 0 aliphatic heterocycles. The largest absolute Gasteiger partial charge is 0.486 e. The Labute approximate surface area is 124 Å². The van der Waals surface area contributed by atoms with E-state index in [9.17, 15) is 0 Å². The first-order chi connectivity index (χ1) is 9.90. The van der Waals surface area contributed by atoms with Crippen molar-refractivity contribution in [1.29, 1.82) is 5.26 Å². The van der Waals surface area contributed by atoms with E-state index in [-0.39, 0.29) is 23.4 Å². The number of hydrogen-bond acceptors (Lipinski definition) is 5. The van der Waals surface area contributed by atoms with Gasteiger partial charge in [0.1, 0.15) is 29.8 Å². The Bertz CT molecular complexity index is 666. The zero-order valence-electron chi connectivity index (χ0n) is 12.4. The highest BCUT2D eigenvalue weighted by Gasteiger charge is 2.13. The summed E-state index contributed by atoms with van der Waals surface area (Å²) in [5, 5.41) is 8.77. The smallest absolute Gasteiger partial charge is 0.168 e. The van der Waals surface area contributed by atoms with Gasteiger partial charge in [-0.3, -0.25) is 0 Å². The lowest BCUT2D eigenvalue weighted by molar-refractivity contribution is 0.296. The number of anilines is 1. The van der Waals surface area contributed by atoms with E-state index < -0.39 is 0 Å². The van der Waals surface area contributed by atoms with E-state index in [0.29, 0.717) is 5.82 Å². The molecule has 0 saturated heterocycles. The zero-order chi connectivity index (χ0) is 15.5. The van der Waals surface area contributed by atoms with Crippen LogP contribution in [0.25, 0.3) is 0 Å². The molecule has 0 saturated carbocycles. The van der Waals surface area contributed by atoms with Gasteiger partial charge in [0.2, 0.25) is 0 Å². The quantitative estimate of drug-likeness (QED) is 0.935. The predicted molar refractivity (Wildman–Crippen MR) is 80.6 cm³/mol. The molecule has 5 heteroatoms. The minimum Gasteiger partial charge on any atom is -0.486 e. The van der Waals surface area contributed by atoms with Gasteiger partial charge in [-0.1, -0.05) is 32.9 Å².